The Bertz CT molecular complexity index is 583. The number of anilines is 1. The van der Waals surface area contributed by atoms with E-state index in [1.54, 1.807) is 0 Å². The van der Waals surface area contributed by atoms with Gasteiger partial charge < -0.3 is 15.8 Å². The number of H-pyrrole nitrogens is 1. The Kier molecular flexibility index (Phi) is 3.15. The molecule has 1 aliphatic rings. The van der Waals surface area contributed by atoms with E-state index in [4.69, 9.17) is 5.73 Å². The summed E-state index contributed by atoms with van der Waals surface area (Å²) >= 11 is 1.01. The van der Waals surface area contributed by atoms with E-state index in [0.717, 1.165) is 17.8 Å². The summed E-state index contributed by atoms with van der Waals surface area (Å²) in [7, 11) is -3.21. The third-order valence-corrected chi connectivity index (χ3v) is 5.40. The van der Waals surface area contributed by atoms with Gasteiger partial charge in [0.15, 0.2) is 15.0 Å². The number of nitrogens with zero attached hydrogens (tertiary/aromatic N) is 1. The lowest BCUT2D eigenvalue weighted by molar-refractivity contribution is 0.207. The van der Waals surface area contributed by atoms with Crippen molar-refractivity contribution in [3.63, 3.8) is 0 Å². The number of sulfone groups is 1. The van der Waals surface area contributed by atoms with E-state index in [-0.39, 0.29) is 22.5 Å². The van der Waals surface area contributed by atoms with Crippen molar-refractivity contribution in [3.8, 4) is 0 Å². The zero-order chi connectivity index (χ0) is 12.6. The molecule has 1 aromatic heterocycles. The van der Waals surface area contributed by atoms with Gasteiger partial charge in [-0.25, -0.2) is 13.4 Å². The second-order valence-corrected chi connectivity index (χ2v) is 7.16. The van der Waals surface area contributed by atoms with Crippen molar-refractivity contribution in [2.75, 3.05) is 17.2 Å². The van der Waals surface area contributed by atoms with Crippen molar-refractivity contribution in [1.29, 1.82) is 0 Å². The lowest BCUT2D eigenvalue weighted by atomic mass is 10.3. The number of rotatable bonds is 2. The Balaban J connectivity index is 2.19. The van der Waals surface area contributed by atoms with E-state index in [1.807, 2.05) is 0 Å². The van der Waals surface area contributed by atoms with Gasteiger partial charge in [0, 0.05) is 6.07 Å². The van der Waals surface area contributed by atoms with Crippen molar-refractivity contribution in [3.05, 3.63) is 16.4 Å². The van der Waals surface area contributed by atoms with Gasteiger partial charge in [-0.2, -0.15) is 0 Å². The maximum absolute atomic E-state index is 11.3. The number of hydrogen-bond acceptors (Lipinski definition) is 7. The Hall–Kier alpha value is -1.06. The molecule has 94 valence electrons. The standard InChI is InChI=1S/C8H11N3O4S2/c9-6-1-7(13)11-8(10-6)16-5-3-17(14,15)2-4(5)12/h1,4-5,12H,2-3H2,(H3,9,10,11,13). The van der Waals surface area contributed by atoms with Crippen molar-refractivity contribution in [2.45, 2.75) is 16.5 Å². The zero-order valence-corrected chi connectivity index (χ0v) is 10.3. The van der Waals surface area contributed by atoms with Crippen LogP contribution in [0.5, 0.6) is 0 Å². The van der Waals surface area contributed by atoms with Crippen LogP contribution in [0.2, 0.25) is 0 Å². The molecule has 1 fully saturated rings. The van der Waals surface area contributed by atoms with Crippen LogP contribution in [0.3, 0.4) is 0 Å². The smallest absolute Gasteiger partial charge is 0.253 e. The van der Waals surface area contributed by atoms with Gasteiger partial charge in [-0.3, -0.25) is 4.79 Å². The number of nitrogens with two attached hydrogens (primary N) is 1. The molecule has 0 amide bonds. The van der Waals surface area contributed by atoms with Gasteiger partial charge >= 0.3 is 0 Å². The van der Waals surface area contributed by atoms with Crippen LogP contribution < -0.4 is 11.3 Å². The van der Waals surface area contributed by atoms with Crippen molar-refractivity contribution in [1.82, 2.24) is 9.97 Å². The van der Waals surface area contributed by atoms with Gasteiger partial charge in [0.25, 0.3) is 5.56 Å². The summed E-state index contributed by atoms with van der Waals surface area (Å²) in [5, 5.41) is 9.27. The predicted molar refractivity (Wildman–Crippen MR) is 63.6 cm³/mol. The van der Waals surface area contributed by atoms with Crippen LogP contribution >= 0.6 is 11.8 Å². The Morgan fingerprint density at radius 2 is 2.24 bits per heavy atom. The van der Waals surface area contributed by atoms with Crippen LogP contribution in [0.4, 0.5) is 5.82 Å². The summed E-state index contributed by atoms with van der Waals surface area (Å²) in [5.41, 5.74) is 4.99. The van der Waals surface area contributed by atoms with Gasteiger partial charge in [0.2, 0.25) is 0 Å². The molecule has 7 nitrogen and oxygen atoms in total. The van der Waals surface area contributed by atoms with Crippen LogP contribution in [-0.2, 0) is 9.84 Å². The lowest BCUT2D eigenvalue weighted by Crippen LogP contribution is -2.21. The molecule has 0 spiro atoms. The average Bonchev–Trinajstić information content (AvgIpc) is 2.37. The topological polar surface area (TPSA) is 126 Å². The number of nitrogens with one attached hydrogen (secondary N) is 1. The third-order valence-electron chi connectivity index (χ3n) is 2.27. The molecular formula is C8H11N3O4S2. The number of thioether (sulfide) groups is 1. The molecule has 0 aromatic carbocycles. The summed E-state index contributed by atoms with van der Waals surface area (Å²) in [5.74, 6) is -0.319. The molecule has 9 heteroatoms. The molecule has 2 atom stereocenters. The van der Waals surface area contributed by atoms with E-state index in [9.17, 15) is 18.3 Å². The molecule has 1 aliphatic heterocycles. The summed E-state index contributed by atoms with van der Waals surface area (Å²) < 4.78 is 22.6. The summed E-state index contributed by atoms with van der Waals surface area (Å²) in [6.45, 7) is 0. The normalized spacial score (nSPS) is 27.1. The van der Waals surface area contributed by atoms with Gasteiger partial charge in [-0.1, -0.05) is 11.8 Å². The number of aromatic amines is 1. The summed E-state index contributed by atoms with van der Waals surface area (Å²) in [6.07, 6.45) is -0.947. The van der Waals surface area contributed by atoms with Gasteiger partial charge in [-0.05, 0) is 0 Å². The minimum atomic E-state index is -3.21. The maximum Gasteiger partial charge on any atom is 0.253 e. The SMILES string of the molecule is Nc1cc(=O)[nH]c(SC2CS(=O)(=O)CC2O)n1. The van der Waals surface area contributed by atoms with E-state index in [1.165, 1.54) is 0 Å². The highest BCUT2D eigenvalue weighted by Gasteiger charge is 2.37. The first-order valence-corrected chi connectivity index (χ1v) is 7.48. The highest BCUT2D eigenvalue weighted by atomic mass is 32.2. The molecule has 0 saturated carbocycles. The third kappa shape index (κ3) is 2.99. The molecule has 0 radical (unpaired) electrons. The molecule has 2 heterocycles. The second-order valence-electron chi connectivity index (χ2n) is 3.78. The fourth-order valence-corrected chi connectivity index (χ4v) is 5.05. The summed E-state index contributed by atoms with van der Waals surface area (Å²) in [6, 6.07) is 1.13. The minimum Gasteiger partial charge on any atom is -0.391 e. The first-order chi connectivity index (χ1) is 7.85. The Morgan fingerprint density at radius 1 is 1.53 bits per heavy atom. The Morgan fingerprint density at radius 3 is 2.76 bits per heavy atom. The molecule has 0 aliphatic carbocycles. The maximum atomic E-state index is 11.3. The van der Waals surface area contributed by atoms with Crippen LogP contribution in [0, 0.1) is 0 Å². The highest BCUT2D eigenvalue weighted by Crippen LogP contribution is 2.28. The van der Waals surface area contributed by atoms with Gasteiger partial charge in [0.1, 0.15) is 5.82 Å². The van der Waals surface area contributed by atoms with E-state index in [2.05, 4.69) is 9.97 Å². The molecule has 2 rings (SSSR count). The fourth-order valence-electron chi connectivity index (χ4n) is 1.56. The first kappa shape index (κ1) is 12.4. The Labute approximate surface area is 101 Å². The van der Waals surface area contributed by atoms with Crippen molar-refractivity contribution in [2.24, 2.45) is 0 Å². The van der Waals surface area contributed by atoms with Crippen LogP contribution in [0.25, 0.3) is 0 Å². The van der Waals surface area contributed by atoms with Crippen molar-refractivity contribution < 1.29 is 13.5 Å². The largest absolute Gasteiger partial charge is 0.391 e. The van der Waals surface area contributed by atoms with Gasteiger partial charge in [-0.15, -0.1) is 0 Å². The van der Waals surface area contributed by atoms with Crippen LogP contribution in [0.1, 0.15) is 0 Å². The van der Waals surface area contributed by atoms with Crippen molar-refractivity contribution >= 4 is 27.4 Å². The number of nitrogen functional groups attached to an aromatic ring is 1. The van der Waals surface area contributed by atoms with E-state index < -0.39 is 26.8 Å². The highest BCUT2D eigenvalue weighted by molar-refractivity contribution is 8.01. The number of aromatic nitrogens is 2. The predicted octanol–water partition coefficient (Wildman–Crippen LogP) is -1.40. The monoisotopic (exact) mass is 277 g/mol. The van der Waals surface area contributed by atoms with Gasteiger partial charge in [0.05, 0.1) is 22.9 Å². The number of aliphatic hydroxyl groups is 1. The molecule has 0 bridgehead atoms. The van der Waals surface area contributed by atoms with E-state index in [0.29, 0.717) is 0 Å². The minimum absolute atomic E-state index is 0.0617. The average molecular weight is 277 g/mol. The summed E-state index contributed by atoms with van der Waals surface area (Å²) in [4.78, 5) is 17.4. The number of hydrogen-bond donors (Lipinski definition) is 3. The first-order valence-electron chi connectivity index (χ1n) is 4.78. The molecular weight excluding hydrogens is 266 g/mol. The zero-order valence-electron chi connectivity index (χ0n) is 8.66. The second kappa shape index (κ2) is 4.31. The molecule has 17 heavy (non-hydrogen) atoms. The molecule has 1 aromatic rings. The molecule has 1 saturated heterocycles. The van der Waals surface area contributed by atoms with Crippen LogP contribution in [-0.4, -0.2) is 46.4 Å². The molecule has 2 unspecified atom stereocenters. The quantitative estimate of drug-likeness (QED) is 0.567. The lowest BCUT2D eigenvalue weighted by Gasteiger charge is -2.10. The fraction of sp³-hybridized carbons (Fsp3) is 0.500. The van der Waals surface area contributed by atoms with E-state index >= 15 is 0 Å². The van der Waals surface area contributed by atoms with Crippen LogP contribution in [0.15, 0.2) is 16.0 Å². The molecule has 4 N–H and O–H groups in total. The number of aliphatic hydroxyl groups excluding tert-OH is 1.